The van der Waals surface area contributed by atoms with Crippen molar-refractivity contribution in [2.75, 3.05) is 0 Å². The number of hydrogen-bond acceptors (Lipinski definition) is 3. The number of unbranched alkanes of at least 4 members (excludes halogenated alkanes) is 3. The average Bonchev–Trinajstić information content (AvgIpc) is 3.18. The molecule has 0 radical (unpaired) electrons. The van der Waals surface area contributed by atoms with Gasteiger partial charge in [0.2, 0.25) is 0 Å². The first-order chi connectivity index (χ1) is 13.1. The van der Waals surface area contributed by atoms with Crippen LogP contribution in [-0.4, -0.2) is 39.7 Å². The fourth-order valence-electron chi connectivity index (χ4n) is 3.76. The third-order valence-corrected chi connectivity index (χ3v) is 20.6. The normalized spacial score (nSPS) is 11.7. The zero-order valence-electron chi connectivity index (χ0n) is 16.9. The molecule has 0 atom stereocenters. The van der Waals surface area contributed by atoms with E-state index >= 15 is 0 Å². The van der Waals surface area contributed by atoms with E-state index in [1.807, 2.05) is 6.07 Å². The molecule has 0 spiro atoms. The van der Waals surface area contributed by atoms with Crippen molar-refractivity contribution in [3.63, 3.8) is 0 Å². The number of carbonyl (C=O) groups excluding carboxylic acids is 1. The van der Waals surface area contributed by atoms with Gasteiger partial charge in [-0.05, 0) is 0 Å². The summed E-state index contributed by atoms with van der Waals surface area (Å²) in [7, 11) is 0. The van der Waals surface area contributed by atoms with Crippen LogP contribution in [0.15, 0.2) is 24.4 Å². The number of aromatic nitrogens is 3. The van der Waals surface area contributed by atoms with E-state index in [0.717, 1.165) is 12.0 Å². The van der Waals surface area contributed by atoms with Gasteiger partial charge in [-0.2, -0.15) is 0 Å². The van der Waals surface area contributed by atoms with E-state index in [4.69, 9.17) is 11.6 Å². The molecule has 0 saturated carbocycles. The second kappa shape index (κ2) is 11.2. The minimum absolute atomic E-state index is 0.551. The average molecular weight is 497 g/mol. The Kier molecular flexibility index (Phi) is 9.30. The van der Waals surface area contributed by atoms with Gasteiger partial charge in [0.1, 0.15) is 0 Å². The summed E-state index contributed by atoms with van der Waals surface area (Å²) in [5, 5.41) is 9.67. The van der Waals surface area contributed by atoms with Gasteiger partial charge in [-0.25, -0.2) is 0 Å². The summed E-state index contributed by atoms with van der Waals surface area (Å²) in [6.45, 7) is 6.82. The van der Waals surface area contributed by atoms with Gasteiger partial charge < -0.3 is 0 Å². The predicted molar refractivity (Wildman–Crippen MR) is 116 cm³/mol. The molecular formula is C21H32ClN3OSn. The fourth-order valence-corrected chi connectivity index (χ4v) is 19.0. The van der Waals surface area contributed by atoms with Gasteiger partial charge in [-0.15, -0.1) is 0 Å². The predicted octanol–water partition coefficient (Wildman–Crippen LogP) is 5.79. The first kappa shape index (κ1) is 22.4. The minimum atomic E-state index is -2.60. The van der Waals surface area contributed by atoms with Crippen molar-refractivity contribution < 1.29 is 4.79 Å². The van der Waals surface area contributed by atoms with Crippen molar-refractivity contribution in [3.05, 3.63) is 35.0 Å². The molecule has 2 rings (SSSR count). The second-order valence-corrected chi connectivity index (χ2v) is 20.9. The molecule has 0 aliphatic carbocycles. The number of benzene rings is 1. The summed E-state index contributed by atoms with van der Waals surface area (Å²) in [6, 6.07) is 5.34. The number of hydrogen-bond donors (Lipinski definition) is 0. The number of rotatable bonds is 12. The van der Waals surface area contributed by atoms with Gasteiger partial charge >= 0.3 is 173 Å². The van der Waals surface area contributed by atoms with E-state index in [0.29, 0.717) is 10.6 Å². The summed E-state index contributed by atoms with van der Waals surface area (Å²) < 4.78 is 7.11. The molecule has 0 aliphatic rings. The molecule has 0 fully saturated rings. The van der Waals surface area contributed by atoms with Crippen molar-refractivity contribution in [1.29, 1.82) is 0 Å². The van der Waals surface area contributed by atoms with Gasteiger partial charge in [-0.1, -0.05) is 0 Å². The summed E-state index contributed by atoms with van der Waals surface area (Å²) in [5.74, 6) is 0. The molecule has 6 heteroatoms. The zero-order chi connectivity index (χ0) is 19.7. The van der Waals surface area contributed by atoms with Crippen molar-refractivity contribution >= 4 is 40.0 Å². The second-order valence-electron chi connectivity index (χ2n) is 7.46. The molecule has 4 nitrogen and oxygen atoms in total. The van der Waals surface area contributed by atoms with Crippen molar-refractivity contribution in [2.45, 2.75) is 72.6 Å². The van der Waals surface area contributed by atoms with Crippen LogP contribution in [0.2, 0.25) is 18.3 Å². The topological polar surface area (TPSA) is 47.8 Å². The van der Waals surface area contributed by atoms with Crippen LogP contribution in [0, 0.1) is 0 Å². The van der Waals surface area contributed by atoms with Gasteiger partial charge in [0.25, 0.3) is 0 Å². The maximum atomic E-state index is 11.5. The maximum absolute atomic E-state index is 11.5. The van der Waals surface area contributed by atoms with E-state index in [1.165, 1.54) is 55.5 Å². The van der Waals surface area contributed by atoms with Gasteiger partial charge in [-0.3, -0.25) is 0 Å². The Morgan fingerprint density at radius 2 is 1.63 bits per heavy atom. The Bertz CT molecular complexity index is 710. The van der Waals surface area contributed by atoms with Crippen molar-refractivity contribution in [3.8, 4) is 5.69 Å². The summed E-state index contributed by atoms with van der Waals surface area (Å²) >= 11 is 3.44. The molecular weight excluding hydrogens is 464 g/mol. The first-order valence-electron chi connectivity index (χ1n) is 10.3. The van der Waals surface area contributed by atoms with Crippen LogP contribution in [0.25, 0.3) is 5.69 Å². The zero-order valence-corrected chi connectivity index (χ0v) is 20.5. The van der Waals surface area contributed by atoms with Crippen molar-refractivity contribution in [2.24, 2.45) is 0 Å². The van der Waals surface area contributed by atoms with E-state index < -0.39 is 18.4 Å². The van der Waals surface area contributed by atoms with E-state index in [-0.39, 0.29) is 0 Å². The number of aldehydes is 1. The molecule has 0 amide bonds. The standard InChI is InChI=1S/C9H5ClN3O.3C4H9.Sn/c10-8-1-2-9(7(5-8)6-14)13-4-3-11-12-13;3*1-3-4-2;/h1-2,4-6H;3*1,3-4H2,2H3;. The summed E-state index contributed by atoms with van der Waals surface area (Å²) in [5.41, 5.74) is 1.31. The molecule has 2 aromatic rings. The van der Waals surface area contributed by atoms with Gasteiger partial charge in [0, 0.05) is 0 Å². The Balaban J connectivity index is 2.43. The van der Waals surface area contributed by atoms with E-state index in [1.54, 1.807) is 16.8 Å². The van der Waals surface area contributed by atoms with Gasteiger partial charge in [0.15, 0.2) is 0 Å². The van der Waals surface area contributed by atoms with Gasteiger partial charge in [0.05, 0.1) is 0 Å². The number of halogens is 1. The summed E-state index contributed by atoms with van der Waals surface area (Å²) in [6.07, 6.45) is 10.5. The Hall–Kier alpha value is -0.881. The van der Waals surface area contributed by atoms with Crippen molar-refractivity contribution in [1.82, 2.24) is 15.0 Å². The van der Waals surface area contributed by atoms with E-state index in [2.05, 4.69) is 37.3 Å². The van der Waals surface area contributed by atoms with Crippen LogP contribution in [-0.2, 0) is 0 Å². The molecule has 1 aromatic heterocycles. The third kappa shape index (κ3) is 5.80. The molecule has 0 N–H and O–H groups in total. The first-order valence-corrected chi connectivity index (χ1v) is 18.1. The third-order valence-electron chi connectivity index (χ3n) is 5.43. The molecule has 27 heavy (non-hydrogen) atoms. The molecule has 1 aromatic carbocycles. The number of carbonyl (C=O) groups is 1. The monoisotopic (exact) mass is 497 g/mol. The molecule has 148 valence electrons. The van der Waals surface area contributed by atoms with Crippen LogP contribution >= 0.6 is 11.6 Å². The summed E-state index contributed by atoms with van der Waals surface area (Å²) in [4.78, 5) is 11.5. The van der Waals surface area contributed by atoms with E-state index in [9.17, 15) is 4.79 Å². The quantitative estimate of drug-likeness (QED) is 0.276. The number of nitrogens with zero attached hydrogens (tertiary/aromatic N) is 3. The fraction of sp³-hybridized carbons (Fsp3) is 0.571. The van der Waals surface area contributed by atoms with Crippen LogP contribution in [0.4, 0.5) is 0 Å². The Morgan fingerprint density at radius 3 is 2.15 bits per heavy atom. The molecule has 0 aliphatic heterocycles. The molecule has 0 bridgehead atoms. The van der Waals surface area contributed by atoms with Crippen LogP contribution in [0.5, 0.6) is 0 Å². The Labute approximate surface area is 172 Å². The Morgan fingerprint density at radius 1 is 1.04 bits per heavy atom. The van der Waals surface area contributed by atoms with Crippen LogP contribution < -0.4 is 3.71 Å². The molecule has 0 saturated heterocycles. The van der Waals surface area contributed by atoms with Crippen LogP contribution in [0.3, 0.4) is 0 Å². The SMILES string of the molecule is CCC[CH2][Sn]([CH2]CCC)([CH2]CCC)[c]1cn(-c2ccc(Cl)cc2C=O)nn1. The van der Waals surface area contributed by atoms with Crippen LogP contribution in [0.1, 0.15) is 69.7 Å². The molecule has 0 unspecified atom stereocenters. The molecule has 1 heterocycles.